The normalized spacial score (nSPS) is 17.0. The maximum Gasteiger partial charge on any atom is 0.285 e. The van der Waals surface area contributed by atoms with Gasteiger partial charge < -0.3 is 9.72 Å². The van der Waals surface area contributed by atoms with Crippen LogP contribution in [0.3, 0.4) is 0 Å². The van der Waals surface area contributed by atoms with E-state index >= 15 is 0 Å². The summed E-state index contributed by atoms with van der Waals surface area (Å²) in [5.74, 6) is 0.0872. The van der Waals surface area contributed by atoms with Crippen molar-refractivity contribution in [2.75, 3.05) is 26.7 Å². The molecule has 3 aromatic heterocycles. The predicted octanol–water partition coefficient (Wildman–Crippen LogP) is 1.21. The van der Waals surface area contributed by atoms with Crippen LogP contribution in [-0.2, 0) is 4.79 Å². The van der Waals surface area contributed by atoms with Gasteiger partial charge in [-0.25, -0.2) is 19.2 Å². The fraction of sp³-hybridized carbons (Fsp3) is 0.240. The van der Waals surface area contributed by atoms with Gasteiger partial charge in [0.2, 0.25) is 11.6 Å². The maximum atomic E-state index is 13.4. The summed E-state index contributed by atoms with van der Waals surface area (Å²) in [6.07, 6.45) is 4.49. The summed E-state index contributed by atoms with van der Waals surface area (Å²) >= 11 is 0. The number of carbonyl (C=O) groups excluding carboxylic acids is 2. The first kappa shape index (κ1) is 23.1. The largest absolute Gasteiger partial charge is 0.494 e. The molecule has 1 aliphatic rings. The zero-order chi connectivity index (χ0) is 25.2. The molecule has 2 N–H and O–H groups in total. The van der Waals surface area contributed by atoms with E-state index < -0.39 is 17.6 Å². The van der Waals surface area contributed by atoms with Crippen LogP contribution >= 0.6 is 0 Å². The number of hydrogen-bond donors (Lipinski definition) is 2. The van der Waals surface area contributed by atoms with Crippen molar-refractivity contribution in [3.63, 3.8) is 0 Å². The Hall–Kier alpha value is -4.69. The Bertz CT molecular complexity index is 1540. The van der Waals surface area contributed by atoms with Crippen molar-refractivity contribution in [2.45, 2.75) is 13.0 Å². The number of aromatic nitrogens is 5. The minimum absolute atomic E-state index is 0.179. The first-order valence-electron chi connectivity index (χ1n) is 11.3. The number of ketones is 2. The van der Waals surface area contributed by atoms with E-state index in [1.807, 2.05) is 34.9 Å². The summed E-state index contributed by atoms with van der Waals surface area (Å²) in [7, 11) is 1.47. The molecular formula is C25H23N8O3+. The molecule has 1 atom stereocenters. The number of hydrogen-bond acceptors (Lipinski definition) is 8. The number of fused-ring (bicyclic) bond motifs is 1. The zero-order valence-corrected chi connectivity index (χ0v) is 19.7. The summed E-state index contributed by atoms with van der Waals surface area (Å²) in [5, 5.41) is 17.6. The fourth-order valence-electron chi connectivity index (χ4n) is 4.39. The van der Waals surface area contributed by atoms with Gasteiger partial charge in [0.05, 0.1) is 41.9 Å². The van der Waals surface area contributed by atoms with Gasteiger partial charge in [-0.3, -0.25) is 14.9 Å². The van der Waals surface area contributed by atoms with Crippen LogP contribution in [0.5, 0.6) is 5.75 Å². The lowest BCUT2D eigenvalue weighted by atomic mass is 10.00. The number of carbonyl (C=O) groups is 2. The van der Waals surface area contributed by atoms with E-state index in [4.69, 9.17) is 4.74 Å². The van der Waals surface area contributed by atoms with E-state index in [1.54, 1.807) is 6.92 Å². The van der Waals surface area contributed by atoms with Crippen molar-refractivity contribution >= 4 is 28.2 Å². The lowest BCUT2D eigenvalue weighted by Gasteiger charge is -2.21. The highest BCUT2D eigenvalue weighted by atomic mass is 16.5. The molecule has 5 rings (SSSR count). The lowest BCUT2D eigenvalue weighted by Crippen LogP contribution is -2.54. The standard InChI is InChI=1S/C25H22N8O3/c1-15-30-14-33(31-15)25-22-21(20(36-2)12-29-25)17(11-28-22)23(34)24(35)18-13-32(9-8-27-18)19(10-26)16-6-4-3-5-7-16/h3-7,11-12,14,18,27H,8-9,13H2,1-2H3/p+1. The quantitative estimate of drug-likeness (QED) is 0.237. The van der Waals surface area contributed by atoms with Crippen LogP contribution < -0.4 is 10.1 Å². The summed E-state index contributed by atoms with van der Waals surface area (Å²) < 4.78 is 8.79. The fourth-order valence-corrected chi connectivity index (χ4v) is 4.39. The van der Waals surface area contributed by atoms with Crippen LogP contribution in [0.2, 0.25) is 0 Å². The van der Waals surface area contributed by atoms with Gasteiger partial charge in [0.15, 0.2) is 25.0 Å². The van der Waals surface area contributed by atoms with Crippen LogP contribution in [0, 0.1) is 18.3 Å². The number of piperazine rings is 1. The molecule has 11 nitrogen and oxygen atoms in total. The smallest absolute Gasteiger partial charge is 0.285 e. The topological polar surface area (TPSA) is 142 Å². The number of nitriles is 1. The molecule has 4 heterocycles. The Morgan fingerprint density at radius 1 is 1.25 bits per heavy atom. The van der Waals surface area contributed by atoms with E-state index in [9.17, 15) is 14.9 Å². The molecule has 0 radical (unpaired) electrons. The van der Waals surface area contributed by atoms with E-state index in [0.29, 0.717) is 47.1 Å². The number of H-pyrrole nitrogens is 1. The lowest BCUT2D eigenvalue weighted by molar-refractivity contribution is -0.534. The monoisotopic (exact) mass is 483 g/mol. The van der Waals surface area contributed by atoms with Gasteiger partial charge in [0, 0.05) is 6.20 Å². The molecule has 0 spiro atoms. The Balaban J connectivity index is 1.49. The van der Waals surface area contributed by atoms with Crippen molar-refractivity contribution in [3.8, 4) is 17.6 Å². The van der Waals surface area contributed by atoms with E-state index in [1.165, 1.54) is 30.5 Å². The van der Waals surface area contributed by atoms with Gasteiger partial charge in [-0.2, -0.15) is 10.4 Å². The molecule has 11 heteroatoms. The highest BCUT2D eigenvalue weighted by Gasteiger charge is 2.36. The SMILES string of the molecule is COc1cnc(-n2cnc(C)n2)c2[nH]cc(C(=O)C(=O)C3C[N+](=C(C#N)c4ccccc4)CCN3)c12. The summed E-state index contributed by atoms with van der Waals surface area (Å²) in [6, 6.07) is 10.8. The first-order chi connectivity index (χ1) is 17.5. The van der Waals surface area contributed by atoms with Crippen LogP contribution in [0.25, 0.3) is 16.7 Å². The molecule has 1 unspecified atom stereocenters. The van der Waals surface area contributed by atoms with Gasteiger partial charge in [-0.15, -0.1) is 0 Å². The molecule has 1 aliphatic heterocycles. The van der Waals surface area contributed by atoms with Gasteiger partial charge in [0.1, 0.15) is 23.9 Å². The molecule has 0 saturated carbocycles. The van der Waals surface area contributed by atoms with Crippen molar-refractivity contribution in [2.24, 2.45) is 0 Å². The number of aromatic amines is 1. The number of rotatable bonds is 6. The number of nitrogens with zero attached hydrogens (tertiary/aromatic N) is 6. The molecule has 0 amide bonds. The number of benzene rings is 1. The average Bonchev–Trinajstić information content (AvgIpc) is 3.55. The van der Waals surface area contributed by atoms with Crippen molar-refractivity contribution in [3.05, 3.63) is 66.0 Å². The first-order valence-corrected chi connectivity index (χ1v) is 11.3. The number of methoxy groups -OCH3 is 1. The Kier molecular flexibility index (Phi) is 6.10. The molecule has 36 heavy (non-hydrogen) atoms. The number of pyridine rings is 1. The predicted molar refractivity (Wildman–Crippen MR) is 130 cm³/mol. The highest BCUT2D eigenvalue weighted by Crippen LogP contribution is 2.31. The maximum absolute atomic E-state index is 13.4. The summed E-state index contributed by atoms with van der Waals surface area (Å²) in [4.78, 5) is 38.4. The van der Waals surface area contributed by atoms with E-state index in [-0.39, 0.29) is 12.1 Å². The Labute approximate surface area is 206 Å². The third-order valence-electron chi connectivity index (χ3n) is 6.13. The van der Waals surface area contributed by atoms with Crippen LogP contribution in [0.4, 0.5) is 0 Å². The number of aryl methyl sites for hydroxylation is 1. The average molecular weight is 484 g/mol. The van der Waals surface area contributed by atoms with Gasteiger partial charge >= 0.3 is 0 Å². The molecule has 1 saturated heterocycles. The number of ether oxygens (including phenoxy) is 1. The molecule has 0 aliphatic carbocycles. The summed E-state index contributed by atoms with van der Waals surface area (Å²) in [6.45, 7) is 2.96. The second-order valence-corrected chi connectivity index (χ2v) is 8.31. The molecule has 0 bridgehead atoms. The van der Waals surface area contributed by atoms with E-state index in [0.717, 1.165) is 5.56 Å². The number of Topliss-reactive ketones (excluding diaryl/α,β-unsaturated/α-hetero) is 2. The molecule has 4 aromatic rings. The second-order valence-electron chi connectivity index (χ2n) is 8.31. The third-order valence-corrected chi connectivity index (χ3v) is 6.13. The third kappa shape index (κ3) is 4.03. The van der Waals surface area contributed by atoms with Crippen molar-refractivity contribution in [1.29, 1.82) is 5.26 Å². The van der Waals surface area contributed by atoms with Gasteiger partial charge in [0.25, 0.3) is 5.71 Å². The van der Waals surface area contributed by atoms with Crippen LogP contribution in [0.1, 0.15) is 21.7 Å². The second kappa shape index (κ2) is 9.52. The van der Waals surface area contributed by atoms with Gasteiger partial charge in [-0.05, 0) is 19.1 Å². The number of nitrogens with one attached hydrogen (secondary N) is 2. The molecule has 1 fully saturated rings. The zero-order valence-electron chi connectivity index (χ0n) is 19.7. The van der Waals surface area contributed by atoms with Gasteiger partial charge in [-0.1, -0.05) is 18.2 Å². The Morgan fingerprint density at radius 3 is 2.75 bits per heavy atom. The summed E-state index contributed by atoms with van der Waals surface area (Å²) in [5.41, 5.74) is 1.91. The molecule has 1 aromatic carbocycles. The molecular weight excluding hydrogens is 460 g/mol. The highest BCUT2D eigenvalue weighted by molar-refractivity contribution is 6.47. The molecule has 180 valence electrons. The van der Waals surface area contributed by atoms with Crippen molar-refractivity contribution in [1.82, 2.24) is 30.0 Å². The van der Waals surface area contributed by atoms with E-state index in [2.05, 4.69) is 31.4 Å². The van der Waals surface area contributed by atoms with Crippen LogP contribution in [0.15, 0.2) is 49.1 Å². The van der Waals surface area contributed by atoms with Crippen LogP contribution in [-0.4, -0.2) is 79.4 Å². The van der Waals surface area contributed by atoms with Crippen molar-refractivity contribution < 1.29 is 18.9 Å². The Morgan fingerprint density at radius 2 is 2.06 bits per heavy atom. The minimum atomic E-state index is -0.770. The minimum Gasteiger partial charge on any atom is -0.494 e.